The molecule has 3 N–H and O–H groups in total. The summed E-state index contributed by atoms with van der Waals surface area (Å²) in [6, 6.07) is 6.06. The third-order valence-electron chi connectivity index (χ3n) is 2.65. The zero-order chi connectivity index (χ0) is 15.5. The maximum atomic E-state index is 13.0. The van der Waals surface area contributed by atoms with Crippen LogP contribution >= 0.6 is 24.0 Å². The average Bonchev–Trinajstić information content (AvgIpc) is 2.44. The van der Waals surface area contributed by atoms with Gasteiger partial charge in [-0.25, -0.2) is 4.39 Å². The highest BCUT2D eigenvalue weighted by Crippen LogP contribution is 2.03. The lowest BCUT2D eigenvalue weighted by Crippen LogP contribution is -2.38. The van der Waals surface area contributed by atoms with Crippen molar-refractivity contribution in [2.45, 2.75) is 20.3 Å². The molecule has 0 atom stereocenters. The number of nitrogens with zero attached hydrogens (tertiary/aromatic N) is 1. The highest BCUT2D eigenvalue weighted by Gasteiger charge is 2.03. The highest BCUT2D eigenvalue weighted by molar-refractivity contribution is 14.0. The lowest BCUT2D eigenvalue weighted by atomic mass is 10.1. The quantitative estimate of drug-likeness (QED) is 0.271. The topological polar surface area (TPSA) is 65.5 Å². The van der Waals surface area contributed by atoms with Crippen molar-refractivity contribution in [2.75, 3.05) is 26.2 Å². The van der Waals surface area contributed by atoms with Crippen LogP contribution < -0.4 is 16.0 Å². The Morgan fingerprint density at radius 1 is 1.18 bits per heavy atom. The van der Waals surface area contributed by atoms with Crippen molar-refractivity contribution >= 4 is 35.8 Å². The molecule has 0 radical (unpaired) electrons. The van der Waals surface area contributed by atoms with Crippen LogP contribution in [-0.2, 0) is 11.2 Å². The molecule has 0 saturated carbocycles. The van der Waals surface area contributed by atoms with E-state index in [9.17, 15) is 9.18 Å². The summed E-state index contributed by atoms with van der Waals surface area (Å²) < 4.78 is 13.0. The summed E-state index contributed by atoms with van der Waals surface area (Å²) in [6.45, 7) is 6.51. The summed E-state index contributed by atoms with van der Waals surface area (Å²) >= 11 is 0. The van der Waals surface area contributed by atoms with Crippen molar-refractivity contribution in [2.24, 2.45) is 4.99 Å². The van der Waals surface area contributed by atoms with Gasteiger partial charge in [0.2, 0.25) is 5.91 Å². The molecule has 0 heterocycles. The van der Waals surface area contributed by atoms with Crippen molar-refractivity contribution in [1.29, 1.82) is 0 Å². The number of carbonyl (C=O) groups excluding carboxylic acids is 1. The predicted molar refractivity (Wildman–Crippen MR) is 98.2 cm³/mol. The van der Waals surface area contributed by atoms with Crippen LogP contribution in [0.3, 0.4) is 0 Å². The Bertz CT molecular complexity index is 474. The van der Waals surface area contributed by atoms with Gasteiger partial charge < -0.3 is 16.0 Å². The van der Waals surface area contributed by atoms with Gasteiger partial charge in [-0.1, -0.05) is 12.1 Å². The van der Waals surface area contributed by atoms with Gasteiger partial charge in [0.25, 0.3) is 0 Å². The van der Waals surface area contributed by atoms with E-state index < -0.39 is 0 Å². The first-order chi connectivity index (χ1) is 10.2. The van der Waals surface area contributed by atoms with E-state index in [0.29, 0.717) is 18.7 Å². The average molecular weight is 422 g/mol. The molecule has 0 unspecified atom stereocenters. The molecule has 1 amide bonds. The Morgan fingerprint density at radius 3 is 2.45 bits per heavy atom. The third-order valence-corrected chi connectivity index (χ3v) is 2.65. The number of rotatable bonds is 7. The van der Waals surface area contributed by atoms with Gasteiger partial charge in [-0.15, -0.1) is 24.0 Å². The normalized spacial score (nSPS) is 9.41. The van der Waals surface area contributed by atoms with E-state index in [1.807, 2.05) is 13.8 Å². The molecule has 5 nitrogen and oxygen atoms in total. The third kappa shape index (κ3) is 8.81. The molecule has 0 saturated heterocycles. The standard InChI is InChI=1S/C15H23FN4O.HI/c1-3-17-15(18-4-2)20-9-8-19-14(21)11-12-6-5-7-13(16)10-12;/h5-7,10H,3-4,8-9,11H2,1-2H3,(H,19,21)(H2,17,18,20);1H. The highest BCUT2D eigenvalue weighted by atomic mass is 127. The van der Waals surface area contributed by atoms with Crippen molar-refractivity contribution in [3.05, 3.63) is 35.6 Å². The van der Waals surface area contributed by atoms with E-state index in [4.69, 9.17) is 0 Å². The Balaban J connectivity index is 0.00000441. The van der Waals surface area contributed by atoms with Crippen molar-refractivity contribution < 1.29 is 9.18 Å². The number of amides is 1. The predicted octanol–water partition coefficient (Wildman–Crippen LogP) is 1.68. The van der Waals surface area contributed by atoms with Gasteiger partial charge in [-0.2, -0.15) is 0 Å². The molecular formula is C15H24FIN4O. The number of nitrogens with one attached hydrogen (secondary N) is 3. The first-order valence-electron chi connectivity index (χ1n) is 7.19. The van der Waals surface area contributed by atoms with E-state index in [1.165, 1.54) is 12.1 Å². The number of hydrogen-bond acceptors (Lipinski definition) is 2. The molecule has 1 rings (SSSR count). The van der Waals surface area contributed by atoms with E-state index in [1.54, 1.807) is 12.1 Å². The van der Waals surface area contributed by atoms with E-state index in [2.05, 4.69) is 20.9 Å². The van der Waals surface area contributed by atoms with Gasteiger partial charge in [0, 0.05) is 19.6 Å². The molecule has 1 aromatic carbocycles. The Kier molecular flexibility index (Phi) is 11.4. The molecule has 7 heteroatoms. The number of hydrogen-bond donors (Lipinski definition) is 3. The molecule has 22 heavy (non-hydrogen) atoms. The van der Waals surface area contributed by atoms with E-state index >= 15 is 0 Å². The summed E-state index contributed by atoms with van der Waals surface area (Å²) in [6.07, 6.45) is 0.175. The fourth-order valence-corrected chi connectivity index (χ4v) is 1.77. The molecule has 0 aliphatic heterocycles. The number of halogens is 2. The number of aliphatic imine (C=N–C) groups is 1. The van der Waals surface area contributed by atoms with Crippen LogP contribution in [0.15, 0.2) is 29.3 Å². The minimum absolute atomic E-state index is 0. The van der Waals surface area contributed by atoms with Crippen LogP contribution in [0.1, 0.15) is 19.4 Å². The Morgan fingerprint density at radius 2 is 1.86 bits per heavy atom. The fourth-order valence-electron chi connectivity index (χ4n) is 1.77. The number of carbonyl (C=O) groups is 1. The second-order valence-corrected chi connectivity index (χ2v) is 4.45. The fraction of sp³-hybridized carbons (Fsp3) is 0.467. The second kappa shape index (κ2) is 12.2. The van der Waals surface area contributed by atoms with Gasteiger partial charge in [-0.05, 0) is 31.5 Å². The maximum absolute atomic E-state index is 13.0. The molecule has 0 aliphatic rings. The smallest absolute Gasteiger partial charge is 0.224 e. The van der Waals surface area contributed by atoms with Crippen molar-refractivity contribution in [3.8, 4) is 0 Å². The minimum Gasteiger partial charge on any atom is -0.357 e. The zero-order valence-electron chi connectivity index (χ0n) is 13.0. The SMILES string of the molecule is CCNC(=NCCNC(=O)Cc1cccc(F)c1)NCC.I. The van der Waals surface area contributed by atoms with Gasteiger partial charge in [0.05, 0.1) is 13.0 Å². The Hall–Kier alpha value is -1.38. The molecule has 124 valence electrons. The monoisotopic (exact) mass is 422 g/mol. The lowest BCUT2D eigenvalue weighted by Gasteiger charge is -2.09. The van der Waals surface area contributed by atoms with E-state index in [0.717, 1.165) is 19.0 Å². The molecule has 0 aromatic heterocycles. The van der Waals surface area contributed by atoms with Crippen LogP contribution in [-0.4, -0.2) is 38.0 Å². The largest absolute Gasteiger partial charge is 0.357 e. The summed E-state index contributed by atoms with van der Waals surface area (Å²) in [5.74, 6) is 0.273. The van der Waals surface area contributed by atoms with Crippen LogP contribution in [0.5, 0.6) is 0 Å². The summed E-state index contributed by atoms with van der Waals surface area (Å²) in [7, 11) is 0. The zero-order valence-corrected chi connectivity index (χ0v) is 15.3. The molecule has 1 aromatic rings. The first kappa shape index (κ1) is 20.6. The second-order valence-electron chi connectivity index (χ2n) is 4.45. The maximum Gasteiger partial charge on any atom is 0.224 e. The number of benzene rings is 1. The van der Waals surface area contributed by atoms with E-state index in [-0.39, 0.29) is 42.1 Å². The van der Waals surface area contributed by atoms with Crippen LogP contribution in [0, 0.1) is 5.82 Å². The van der Waals surface area contributed by atoms with Gasteiger partial charge in [-0.3, -0.25) is 9.79 Å². The molecule has 0 fully saturated rings. The molecular weight excluding hydrogens is 398 g/mol. The first-order valence-corrected chi connectivity index (χ1v) is 7.19. The Labute approximate surface area is 148 Å². The van der Waals surface area contributed by atoms with Gasteiger partial charge in [0.1, 0.15) is 5.82 Å². The molecule has 0 spiro atoms. The summed E-state index contributed by atoms with van der Waals surface area (Å²) in [5.41, 5.74) is 0.664. The summed E-state index contributed by atoms with van der Waals surface area (Å²) in [4.78, 5) is 16.0. The van der Waals surface area contributed by atoms with Crippen LogP contribution in [0.4, 0.5) is 4.39 Å². The number of guanidine groups is 1. The molecule has 0 bridgehead atoms. The van der Waals surface area contributed by atoms with Crippen LogP contribution in [0.2, 0.25) is 0 Å². The van der Waals surface area contributed by atoms with Crippen LogP contribution in [0.25, 0.3) is 0 Å². The summed E-state index contributed by atoms with van der Waals surface area (Å²) in [5, 5.41) is 8.97. The lowest BCUT2D eigenvalue weighted by molar-refractivity contribution is -0.120. The molecule has 0 aliphatic carbocycles. The van der Waals surface area contributed by atoms with Crippen molar-refractivity contribution in [1.82, 2.24) is 16.0 Å². The van der Waals surface area contributed by atoms with Gasteiger partial charge >= 0.3 is 0 Å². The van der Waals surface area contributed by atoms with Gasteiger partial charge in [0.15, 0.2) is 5.96 Å². The minimum atomic E-state index is -0.328. The van der Waals surface area contributed by atoms with Crippen molar-refractivity contribution in [3.63, 3.8) is 0 Å².